The first kappa shape index (κ1) is 15.4. The Morgan fingerprint density at radius 2 is 0.938 bits per heavy atom. The van der Waals surface area contributed by atoms with Gasteiger partial charge < -0.3 is 0 Å². The summed E-state index contributed by atoms with van der Waals surface area (Å²) in [5.41, 5.74) is -12.3. The molecular formula is C3H3F6NO4S2. The van der Waals surface area contributed by atoms with E-state index in [4.69, 9.17) is 0 Å². The monoisotopic (exact) mass is 295 g/mol. The normalized spacial score (nSPS) is 15.5. The Labute approximate surface area is 85.7 Å². The van der Waals surface area contributed by atoms with Gasteiger partial charge in [-0.25, -0.2) is 16.8 Å². The standard InChI is InChI=1S/C3H3F6NO4S2/c1-10(15(11,12)2(4,5)6)16(13,14)3(7,8)9/h1H3. The third-order valence-corrected chi connectivity index (χ3v) is 4.96. The lowest BCUT2D eigenvalue weighted by molar-refractivity contribution is -0.0522. The van der Waals surface area contributed by atoms with Gasteiger partial charge in [0, 0.05) is 7.05 Å². The molecular weight excluding hydrogens is 292 g/mol. The Hall–Kier alpha value is -0.560. The van der Waals surface area contributed by atoms with Gasteiger partial charge in [0.25, 0.3) is 0 Å². The second-order valence-corrected chi connectivity index (χ2v) is 6.43. The molecule has 0 aliphatic heterocycles. The summed E-state index contributed by atoms with van der Waals surface area (Å²) in [6.07, 6.45) is 0. The van der Waals surface area contributed by atoms with Crippen molar-refractivity contribution in [2.24, 2.45) is 0 Å². The van der Waals surface area contributed by atoms with Crippen molar-refractivity contribution in [1.29, 1.82) is 0 Å². The Morgan fingerprint density at radius 3 is 1.06 bits per heavy atom. The van der Waals surface area contributed by atoms with Crippen molar-refractivity contribution >= 4 is 20.0 Å². The van der Waals surface area contributed by atoms with Crippen LogP contribution in [0.25, 0.3) is 0 Å². The van der Waals surface area contributed by atoms with Gasteiger partial charge in [0.05, 0.1) is 0 Å². The van der Waals surface area contributed by atoms with Crippen LogP contribution in [-0.2, 0) is 20.0 Å². The SMILES string of the molecule is CN(S(=O)(=O)C(F)(F)F)S(=O)(=O)C(F)(F)F. The molecule has 0 atom stereocenters. The molecule has 98 valence electrons. The van der Waals surface area contributed by atoms with E-state index in [-0.39, 0.29) is 7.05 Å². The van der Waals surface area contributed by atoms with Gasteiger partial charge in [-0.3, -0.25) is 0 Å². The molecule has 0 unspecified atom stereocenters. The van der Waals surface area contributed by atoms with E-state index >= 15 is 0 Å². The third kappa shape index (κ3) is 2.40. The lowest BCUT2D eigenvalue weighted by Gasteiger charge is -2.19. The summed E-state index contributed by atoms with van der Waals surface area (Å²) in [6.45, 7) is 0. The Morgan fingerprint density at radius 1 is 0.750 bits per heavy atom. The predicted molar refractivity (Wildman–Crippen MR) is 37.7 cm³/mol. The molecule has 0 rings (SSSR count). The van der Waals surface area contributed by atoms with Crippen LogP contribution in [0.15, 0.2) is 0 Å². The van der Waals surface area contributed by atoms with E-state index in [1.54, 1.807) is 0 Å². The van der Waals surface area contributed by atoms with Gasteiger partial charge in [-0.1, -0.05) is 3.71 Å². The van der Waals surface area contributed by atoms with E-state index in [0.29, 0.717) is 0 Å². The largest absolute Gasteiger partial charge is 0.512 e. The molecule has 0 aromatic carbocycles. The maximum atomic E-state index is 11.7. The number of sulfonamides is 2. The van der Waals surface area contributed by atoms with Crippen LogP contribution in [0.4, 0.5) is 26.3 Å². The first-order valence-corrected chi connectivity index (χ1v) is 5.90. The summed E-state index contributed by atoms with van der Waals surface area (Å²) < 4.78 is 110. The zero-order valence-corrected chi connectivity index (χ0v) is 8.80. The fourth-order valence-corrected chi connectivity index (χ4v) is 2.54. The molecule has 0 saturated heterocycles. The summed E-state index contributed by atoms with van der Waals surface area (Å²) in [6, 6.07) is 0. The van der Waals surface area contributed by atoms with Gasteiger partial charge in [-0.05, 0) is 0 Å². The Kier molecular flexibility index (Phi) is 3.60. The molecule has 0 spiro atoms. The maximum Gasteiger partial charge on any atom is 0.512 e. The van der Waals surface area contributed by atoms with Crippen molar-refractivity contribution in [3.63, 3.8) is 0 Å². The van der Waals surface area contributed by atoms with Gasteiger partial charge in [0.2, 0.25) is 0 Å². The Bertz CT molecular complexity index is 413. The van der Waals surface area contributed by atoms with E-state index < -0.39 is 34.8 Å². The summed E-state index contributed by atoms with van der Waals surface area (Å²) in [4.78, 5) is 0. The lowest BCUT2D eigenvalue weighted by atomic mass is 11.5. The smallest absolute Gasteiger partial charge is 0.202 e. The molecule has 5 nitrogen and oxygen atoms in total. The van der Waals surface area contributed by atoms with E-state index in [1.165, 1.54) is 0 Å². The number of halogens is 6. The minimum absolute atomic E-state index is 0.356. The van der Waals surface area contributed by atoms with Crippen LogP contribution < -0.4 is 0 Å². The highest BCUT2D eigenvalue weighted by Gasteiger charge is 2.59. The molecule has 0 aromatic heterocycles. The average molecular weight is 295 g/mol. The number of hydrogen-bond acceptors (Lipinski definition) is 4. The molecule has 0 aliphatic rings. The van der Waals surface area contributed by atoms with Crippen LogP contribution in [0.1, 0.15) is 0 Å². The molecule has 0 amide bonds. The van der Waals surface area contributed by atoms with Crippen molar-refractivity contribution in [2.75, 3.05) is 7.05 Å². The first-order chi connectivity index (χ1) is 6.65. The highest BCUT2D eigenvalue weighted by atomic mass is 32.3. The highest BCUT2D eigenvalue weighted by molar-refractivity contribution is 8.04. The van der Waals surface area contributed by atoms with E-state index in [1.807, 2.05) is 0 Å². The third-order valence-electron chi connectivity index (χ3n) is 1.26. The minimum atomic E-state index is -6.59. The molecule has 0 aliphatic carbocycles. The average Bonchev–Trinajstić information content (AvgIpc) is 1.98. The highest BCUT2D eigenvalue weighted by Crippen LogP contribution is 2.33. The molecule has 13 heteroatoms. The van der Waals surface area contributed by atoms with Crippen LogP contribution >= 0.6 is 0 Å². The van der Waals surface area contributed by atoms with Gasteiger partial charge in [0.15, 0.2) is 0 Å². The predicted octanol–water partition coefficient (Wildman–Crippen LogP) is 0.617. The zero-order chi connectivity index (χ0) is 13.6. The molecule has 0 saturated carbocycles. The van der Waals surface area contributed by atoms with Gasteiger partial charge >= 0.3 is 31.1 Å². The second kappa shape index (κ2) is 3.73. The van der Waals surface area contributed by atoms with Crippen LogP contribution in [0, 0.1) is 0 Å². The summed E-state index contributed by atoms with van der Waals surface area (Å²) in [7, 11) is -13.5. The number of nitrogens with zero attached hydrogens (tertiary/aromatic N) is 1. The summed E-state index contributed by atoms with van der Waals surface area (Å²) >= 11 is 0. The first-order valence-electron chi connectivity index (χ1n) is 3.02. The fourth-order valence-electron chi connectivity index (χ4n) is 0.421. The maximum absolute atomic E-state index is 11.7. The second-order valence-electron chi connectivity index (χ2n) is 2.28. The Balaban J connectivity index is 5.70. The molecule has 0 fully saturated rings. The van der Waals surface area contributed by atoms with E-state index in [2.05, 4.69) is 0 Å². The lowest BCUT2D eigenvalue weighted by Crippen LogP contribution is -2.46. The van der Waals surface area contributed by atoms with Crippen molar-refractivity contribution in [3.8, 4) is 0 Å². The van der Waals surface area contributed by atoms with Crippen LogP contribution in [-0.4, -0.2) is 38.6 Å². The van der Waals surface area contributed by atoms with Crippen molar-refractivity contribution in [1.82, 2.24) is 3.71 Å². The molecule has 16 heavy (non-hydrogen) atoms. The van der Waals surface area contributed by atoms with Gasteiger partial charge in [-0.15, -0.1) is 0 Å². The van der Waals surface area contributed by atoms with Crippen molar-refractivity contribution < 1.29 is 43.2 Å². The number of alkyl halides is 6. The minimum Gasteiger partial charge on any atom is -0.202 e. The van der Waals surface area contributed by atoms with Gasteiger partial charge in [0.1, 0.15) is 0 Å². The molecule has 0 radical (unpaired) electrons. The summed E-state index contributed by atoms with van der Waals surface area (Å²) in [5, 5.41) is 0. The van der Waals surface area contributed by atoms with Crippen LogP contribution in [0.3, 0.4) is 0 Å². The van der Waals surface area contributed by atoms with Crippen LogP contribution in [0.2, 0.25) is 0 Å². The van der Waals surface area contributed by atoms with Crippen molar-refractivity contribution in [2.45, 2.75) is 11.0 Å². The molecule has 0 heterocycles. The number of hydrogen-bond donors (Lipinski definition) is 0. The zero-order valence-electron chi connectivity index (χ0n) is 7.16. The molecule has 0 bridgehead atoms. The van der Waals surface area contributed by atoms with E-state index in [0.717, 1.165) is 0 Å². The van der Waals surface area contributed by atoms with Gasteiger partial charge in [-0.2, -0.15) is 26.3 Å². The van der Waals surface area contributed by atoms with Crippen LogP contribution in [0.5, 0.6) is 0 Å². The number of rotatable bonds is 2. The topological polar surface area (TPSA) is 71.5 Å². The van der Waals surface area contributed by atoms with Crippen molar-refractivity contribution in [3.05, 3.63) is 0 Å². The molecule has 0 aromatic rings. The fraction of sp³-hybridized carbons (Fsp3) is 1.00. The quantitative estimate of drug-likeness (QED) is 0.700. The molecule has 0 N–H and O–H groups in total. The van der Waals surface area contributed by atoms with E-state index in [9.17, 15) is 43.2 Å². The summed E-state index contributed by atoms with van der Waals surface area (Å²) in [5.74, 6) is 0.